The van der Waals surface area contributed by atoms with Crippen molar-refractivity contribution in [1.29, 1.82) is 0 Å². The fourth-order valence-corrected chi connectivity index (χ4v) is 2.76. The molecule has 2 amide bonds. The first-order valence-electron chi connectivity index (χ1n) is 9.16. The van der Waals surface area contributed by atoms with E-state index in [-0.39, 0.29) is 19.1 Å². The summed E-state index contributed by atoms with van der Waals surface area (Å²) >= 11 is 0. The Morgan fingerprint density at radius 3 is 2.38 bits per heavy atom. The SMILES string of the molecule is NC(=O)COc1cccc(NC(=O)COc2ccccc2Cc2ccccc2)c1. The lowest BCUT2D eigenvalue weighted by molar-refractivity contribution is -0.120. The van der Waals surface area contributed by atoms with E-state index in [2.05, 4.69) is 17.4 Å². The number of hydrogen-bond donors (Lipinski definition) is 2. The topological polar surface area (TPSA) is 90.7 Å². The zero-order valence-corrected chi connectivity index (χ0v) is 15.8. The van der Waals surface area contributed by atoms with Crippen LogP contribution >= 0.6 is 0 Å². The molecule has 0 saturated heterocycles. The second-order valence-corrected chi connectivity index (χ2v) is 6.39. The summed E-state index contributed by atoms with van der Waals surface area (Å²) in [7, 11) is 0. The molecule has 0 aromatic heterocycles. The van der Waals surface area contributed by atoms with Crippen molar-refractivity contribution in [3.05, 3.63) is 90.0 Å². The van der Waals surface area contributed by atoms with E-state index in [9.17, 15) is 9.59 Å². The van der Waals surface area contributed by atoms with Gasteiger partial charge in [-0.05, 0) is 29.3 Å². The number of para-hydroxylation sites is 1. The zero-order chi connectivity index (χ0) is 20.5. The van der Waals surface area contributed by atoms with Crippen LogP contribution in [0.3, 0.4) is 0 Å². The molecular weight excluding hydrogens is 368 g/mol. The number of amides is 2. The quantitative estimate of drug-likeness (QED) is 0.587. The van der Waals surface area contributed by atoms with Crippen molar-refractivity contribution in [2.45, 2.75) is 6.42 Å². The van der Waals surface area contributed by atoms with E-state index in [1.54, 1.807) is 24.3 Å². The number of rotatable bonds is 9. The van der Waals surface area contributed by atoms with Crippen LogP contribution in [0.5, 0.6) is 11.5 Å². The molecule has 6 nitrogen and oxygen atoms in total. The molecule has 3 aromatic rings. The number of carbonyl (C=O) groups is 2. The number of nitrogens with two attached hydrogens (primary N) is 1. The molecule has 0 fully saturated rings. The van der Waals surface area contributed by atoms with Gasteiger partial charge in [-0.25, -0.2) is 0 Å². The summed E-state index contributed by atoms with van der Waals surface area (Å²) in [6.45, 7) is -0.350. The summed E-state index contributed by atoms with van der Waals surface area (Å²) < 4.78 is 11.0. The van der Waals surface area contributed by atoms with Gasteiger partial charge < -0.3 is 20.5 Å². The van der Waals surface area contributed by atoms with E-state index in [0.717, 1.165) is 12.0 Å². The Bertz CT molecular complexity index is 973. The number of carbonyl (C=O) groups excluding carboxylic acids is 2. The number of benzene rings is 3. The molecule has 29 heavy (non-hydrogen) atoms. The number of nitrogens with one attached hydrogen (secondary N) is 1. The first kappa shape index (κ1) is 19.9. The van der Waals surface area contributed by atoms with Crippen molar-refractivity contribution in [3.63, 3.8) is 0 Å². The average Bonchev–Trinajstić information content (AvgIpc) is 2.73. The maximum absolute atomic E-state index is 12.3. The lowest BCUT2D eigenvalue weighted by atomic mass is 10.0. The molecule has 0 unspecified atom stereocenters. The lowest BCUT2D eigenvalue weighted by Crippen LogP contribution is -2.21. The first-order valence-corrected chi connectivity index (χ1v) is 9.16. The van der Waals surface area contributed by atoms with Gasteiger partial charge in [0.25, 0.3) is 11.8 Å². The van der Waals surface area contributed by atoms with Crippen LogP contribution in [-0.4, -0.2) is 25.0 Å². The Kier molecular flexibility index (Phi) is 6.84. The average molecular weight is 390 g/mol. The Balaban J connectivity index is 1.57. The number of anilines is 1. The molecule has 0 spiro atoms. The molecule has 0 aliphatic heterocycles. The van der Waals surface area contributed by atoms with Gasteiger partial charge in [0, 0.05) is 18.2 Å². The van der Waals surface area contributed by atoms with Crippen LogP contribution in [0.25, 0.3) is 0 Å². The van der Waals surface area contributed by atoms with Gasteiger partial charge in [-0.15, -0.1) is 0 Å². The molecule has 6 heteroatoms. The molecule has 0 heterocycles. The smallest absolute Gasteiger partial charge is 0.262 e. The van der Waals surface area contributed by atoms with Gasteiger partial charge in [0.05, 0.1) is 0 Å². The largest absolute Gasteiger partial charge is 0.484 e. The minimum absolute atomic E-state index is 0.127. The van der Waals surface area contributed by atoms with Crippen LogP contribution in [0.15, 0.2) is 78.9 Å². The highest BCUT2D eigenvalue weighted by molar-refractivity contribution is 5.92. The summed E-state index contributed by atoms with van der Waals surface area (Å²) in [6.07, 6.45) is 0.720. The number of hydrogen-bond acceptors (Lipinski definition) is 4. The standard InChI is InChI=1S/C23H22N2O4/c24-22(26)15-28-20-11-6-10-19(14-20)25-23(27)16-29-21-12-5-4-9-18(21)13-17-7-2-1-3-8-17/h1-12,14H,13,15-16H2,(H2,24,26)(H,25,27). The number of primary amides is 1. The van der Waals surface area contributed by atoms with Gasteiger partial charge in [0.2, 0.25) is 0 Å². The van der Waals surface area contributed by atoms with Crippen LogP contribution in [0.2, 0.25) is 0 Å². The molecule has 0 aliphatic carbocycles. The lowest BCUT2D eigenvalue weighted by Gasteiger charge is -2.12. The Morgan fingerprint density at radius 1 is 0.828 bits per heavy atom. The van der Waals surface area contributed by atoms with Crippen LogP contribution in [0.4, 0.5) is 5.69 Å². The predicted molar refractivity (Wildman–Crippen MR) is 111 cm³/mol. The summed E-state index contributed by atoms with van der Waals surface area (Å²) in [4.78, 5) is 23.1. The second-order valence-electron chi connectivity index (χ2n) is 6.39. The van der Waals surface area contributed by atoms with Gasteiger partial charge in [0.1, 0.15) is 11.5 Å². The zero-order valence-electron chi connectivity index (χ0n) is 15.8. The fraction of sp³-hybridized carbons (Fsp3) is 0.130. The Hall–Kier alpha value is -3.80. The van der Waals surface area contributed by atoms with E-state index >= 15 is 0 Å². The Labute approximate surface area is 169 Å². The van der Waals surface area contributed by atoms with E-state index in [0.29, 0.717) is 17.2 Å². The van der Waals surface area contributed by atoms with Crippen LogP contribution in [0.1, 0.15) is 11.1 Å². The van der Waals surface area contributed by atoms with Crippen LogP contribution in [0, 0.1) is 0 Å². The normalized spacial score (nSPS) is 10.2. The third-order valence-corrected chi connectivity index (χ3v) is 4.07. The molecule has 3 rings (SSSR count). The third kappa shape index (κ3) is 6.39. The van der Waals surface area contributed by atoms with Crippen LogP contribution in [-0.2, 0) is 16.0 Å². The fourth-order valence-electron chi connectivity index (χ4n) is 2.76. The summed E-state index contributed by atoms with van der Waals surface area (Å²) in [6, 6.07) is 24.5. The maximum atomic E-state index is 12.3. The minimum atomic E-state index is -0.568. The highest BCUT2D eigenvalue weighted by atomic mass is 16.5. The number of ether oxygens (including phenoxy) is 2. The Morgan fingerprint density at radius 2 is 1.59 bits per heavy atom. The van der Waals surface area contributed by atoms with Crippen molar-refractivity contribution in [1.82, 2.24) is 0 Å². The minimum Gasteiger partial charge on any atom is -0.484 e. The molecule has 0 saturated carbocycles. The molecule has 0 aliphatic rings. The monoisotopic (exact) mass is 390 g/mol. The molecule has 0 radical (unpaired) electrons. The van der Waals surface area contributed by atoms with Crippen LogP contribution < -0.4 is 20.5 Å². The molecule has 148 valence electrons. The van der Waals surface area contributed by atoms with Crippen molar-refractivity contribution in [2.75, 3.05) is 18.5 Å². The van der Waals surface area contributed by atoms with Gasteiger partial charge in [-0.1, -0.05) is 54.6 Å². The highest BCUT2D eigenvalue weighted by Crippen LogP contribution is 2.22. The molecule has 0 bridgehead atoms. The second kappa shape index (κ2) is 9.94. The molecule has 3 aromatic carbocycles. The van der Waals surface area contributed by atoms with Gasteiger partial charge in [-0.3, -0.25) is 9.59 Å². The molecular formula is C23H22N2O4. The summed E-state index contributed by atoms with van der Waals surface area (Å²) in [5.41, 5.74) is 7.78. The summed E-state index contributed by atoms with van der Waals surface area (Å²) in [5, 5.41) is 2.75. The van der Waals surface area contributed by atoms with Crippen molar-refractivity contribution in [3.8, 4) is 11.5 Å². The van der Waals surface area contributed by atoms with Crippen molar-refractivity contribution in [2.24, 2.45) is 5.73 Å². The van der Waals surface area contributed by atoms with Gasteiger partial charge >= 0.3 is 0 Å². The predicted octanol–water partition coefficient (Wildman–Crippen LogP) is 3.16. The van der Waals surface area contributed by atoms with Gasteiger partial charge in [-0.2, -0.15) is 0 Å². The maximum Gasteiger partial charge on any atom is 0.262 e. The third-order valence-electron chi connectivity index (χ3n) is 4.07. The van der Waals surface area contributed by atoms with E-state index in [4.69, 9.17) is 15.2 Å². The molecule has 3 N–H and O–H groups in total. The molecule has 0 atom stereocenters. The highest BCUT2D eigenvalue weighted by Gasteiger charge is 2.09. The van der Waals surface area contributed by atoms with Crippen molar-refractivity contribution < 1.29 is 19.1 Å². The van der Waals surface area contributed by atoms with E-state index < -0.39 is 5.91 Å². The summed E-state index contributed by atoms with van der Waals surface area (Å²) in [5.74, 6) is 0.245. The van der Waals surface area contributed by atoms with Gasteiger partial charge in [0.15, 0.2) is 13.2 Å². The van der Waals surface area contributed by atoms with E-state index in [1.807, 2.05) is 42.5 Å². The first-order chi connectivity index (χ1) is 14.1. The van der Waals surface area contributed by atoms with Crippen molar-refractivity contribution >= 4 is 17.5 Å². The van der Waals surface area contributed by atoms with E-state index in [1.165, 1.54) is 5.56 Å².